The van der Waals surface area contributed by atoms with Crippen molar-refractivity contribution in [3.05, 3.63) is 0 Å². The molecule has 0 aliphatic carbocycles. The predicted octanol–water partition coefficient (Wildman–Crippen LogP) is -0.236. The van der Waals surface area contributed by atoms with E-state index < -0.39 is 29.9 Å². The average molecular weight is 204 g/mol. The Morgan fingerprint density at radius 1 is 1.29 bits per heavy atom. The van der Waals surface area contributed by atoms with Crippen molar-refractivity contribution in [1.82, 2.24) is 0 Å². The molecule has 1 heterocycles. The van der Waals surface area contributed by atoms with E-state index in [1.807, 2.05) is 0 Å². The lowest BCUT2D eigenvalue weighted by Gasteiger charge is -2.15. The molecule has 14 heavy (non-hydrogen) atoms. The van der Waals surface area contributed by atoms with Crippen LogP contribution in [0.25, 0.3) is 0 Å². The molecule has 1 aliphatic heterocycles. The molecule has 1 aliphatic rings. The summed E-state index contributed by atoms with van der Waals surface area (Å²) in [6, 6.07) is 0. The first-order valence-electron chi connectivity index (χ1n) is 4.03. The van der Waals surface area contributed by atoms with Gasteiger partial charge in [0, 0.05) is 0 Å². The summed E-state index contributed by atoms with van der Waals surface area (Å²) in [4.78, 5) is 21.8. The molecule has 0 bridgehead atoms. The Balaban J connectivity index is 2.83. The largest absolute Gasteiger partial charge is 0.479 e. The minimum atomic E-state index is -1.31. The van der Waals surface area contributed by atoms with Crippen molar-refractivity contribution in [2.75, 3.05) is 7.11 Å². The van der Waals surface area contributed by atoms with Crippen molar-refractivity contribution in [2.24, 2.45) is 0 Å². The molecule has 1 fully saturated rings. The third kappa shape index (κ3) is 2.02. The highest BCUT2D eigenvalue weighted by molar-refractivity contribution is 5.85. The summed E-state index contributed by atoms with van der Waals surface area (Å²) < 4.78 is 14.5. The van der Waals surface area contributed by atoms with Gasteiger partial charge in [0.25, 0.3) is 0 Å². The van der Waals surface area contributed by atoms with Crippen LogP contribution in [0, 0.1) is 0 Å². The van der Waals surface area contributed by atoms with Crippen LogP contribution in [0.2, 0.25) is 0 Å². The van der Waals surface area contributed by atoms with Gasteiger partial charge in [-0.25, -0.2) is 9.59 Å². The molecular weight excluding hydrogens is 192 g/mol. The first-order chi connectivity index (χ1) is 6.37. The Kier molecular flexibility index (Phi) is 2.77. The zero-order chi connectivity index (χ0) is 10.9. The maximum Gasteiger partial charge on any atom is 0.338 e. The van der Waals surface area contributed by atoms with Gasteiger partial charge >= 0.3 is 11.9 Å². The molecule has 0 aromatic heterocycles. The molecule has 1 saturated heterocycles. The maximum absolute atomic E-state index is 11.1. The number of aliphatic carboxylic acids is 1. The van der Waals surface area contributed by atoms with Crippen molar-refractivity contribution in [1.29, 1.82) is 0 Å². The number of carboxylic acid groups (broad SMARTS) is 1. The van der Waals surface area contributed by atoms with Crippen LogP contribution in [0.3, 0.4) is 0 Å². The predicted molar refractivity (Wildman–Crippen MR) is 43.5 cm³/mol. The first kappa shape index (κ1) is 10.9. The number of hydrogen-bond acceptors (Lipinski definition) is 5. The highest BCUT2D eigenvalue weighted by Gasteiger charge is 2.49. The molecule has 6 nitrogen and oxygen atoms in total. The number of hydrogen-bond donors (Lipinski definition) is 1. The molecule has 0 spiro atoms. The molecule has 1 rings (SSSR count). The molecule has 0 aromatic carbocycles. The van der Waals surface area contributed by atoms with Gasteiger partial charge in [-0.1, -0.05) is 0 Å². The van der Waals surface area contributed by atoms with Crippen LogP contribution in [-0.4, -0.2) is 42.1 Å². The van der Waals surface area contributed by atoms with Gasteiger partial charge in [-0.2, -0.15) is 0 Å². The lowest BCUT2D eigenvalue weighted by molar-refractivity contribution is -0.170. The lowest BCUT2D eigenvalue weighted by atomic mass is 10.2. The van der Waals surface area contributed by atoms with Gasteiger partial charge in [0.2, 0.25) is 0 Å². The topological polar surface area (TPSA) is 82.1 Å². The summed E-state index contributed by atoms with van der Waals surface area (Å²) in [6.45, 7) is 3.07. The van der Waals surface area contributed by atoms with Crippen LogP contribution >= 0.6 is 0 Å². The standard InChI is InChI=1S/C8H12O6/c1-8(2)13-4(6(9)10)5(14-8)7(11)12-3/h4-5H,1-3H3,(H,9,10)/t4-,5?/m0/s1. The highest BCUT2D eigenvalue weighted by Crippen LogP contribution is 2.28. The fourth-order valence-corrected chi connectivity index (χ4v) is 1.23. The second-order valence-corrected chi connectivity index (χ2v) is 3.34. The van der Waals surface area contributed by atoms with Crippen LogP contribution in [0.4, 0.5) is 0 Å². The van der Waals surface area contributed by atoms with E-state index in [4.69, 9.17) is 14.6 Å². The molecule has 0 aromatic rings. The summed E-state index contributed by atoms with van der Waals surface area (Å²) in [5.41, 5.74) is 0. The number of carbonyl (C=O) groups is 2. The van der Waals surface area contributed by atoms with Crippen LogP contribution in [0.15, 0.2) is 0 Å². The Hall–Kier alpha value is -1.14. The molecule has 1 unspecified atom stereocenters. The zero-order valence-electron chi connectivity index (χ0n) is 8.14. The van der Waals surface area contributed by atoms with Gasteiger partial charge in [-0.05, 0) is 13.8 Å². The van der Waals surface area contributed by atoms with E-state index >= 15 is 0 Å². The SMILES string of the molecule is COC(=O)C1OC(C)(C)O[C@@H]1C(=O)O. The Morgan fingerprint density at radius 2 is 1.79 bits per heavy atom. The molecule has 0 amide bonds. The minimum Gasteiger partial charge on any atom is -0.479 e. The van der Waals surface area contributed by atoms with Crippen LogP contribution in [0.5, 0.6) is 0 Å². The van der Waals surface area contributed by atoms with Gasteiger partial charge in [-0.15, -0.1) is 0 Å². The molecule has 0 saturated carbocycles. The Morgan fingerprint density at radius 3 is 2.21 bits per heavy atom. The van der Waals surface area contributed by atoms with Crippen LogP contribution in [0.1, 0.15) is 13.8 Å². The summed E-state index contributed by atoms with van der Waals surface area (Å²) in [7, 11) is 1.16. The van der Waals surface area contributed by atoms with E-state index in [0.717, 1.165) is 7.11 Å². The van der Waals surface area contributed by atoms with Gasteiger partial charge in [0.1, 0.15) is 0 Å². The molecule has 1 N–H and O–H groups in total. The van der Waals surface area contributed by atoms with E-state index in [2.05, 4.69) is 4.74 Å². The second kappa shape index (κ2) is 3.55. The van der Waals surface area contributed by atoms with Crippen molar-refractivity contribution in [3.8, 4) is 0 Å². The van der Waals surface area contributed by atoms with E-state index in [0.29, 0.717) is 0 Å². The number of ether oxygens (including phenoxy) is 3. The first-order valence-corrected chi connectivity index (χ1v) is 4.03. The van der Waals surface area contributed by atoms with Crippen molar-refractivity contribution in [3.63, 3.8) is 0 Å². The number of carbonyl (C=O) groups excluding carboxylic acids is 1. The molecule has 6 heteroatoms. The highest BCUT2D eigenvalue weighted by atomic mass is 16.8. The number of methoxy groups -OCH3 is 1. The molecule has 80 valence electrons. The summed E-state index contributed by atoms with van der Waals surface area (Å²) in [6.07, 6.45) is -2.51. The third-order valence-electron chi connectivity index (χ3n) is 1.77. The minimum absolute atomic E-state index is 0.747. The Bertz CT molecular complexity index is 259. The van der Waals surface area contributed by atoms with Crippen LogP contribution < -0.4 is 0 Å². The third-order valence-corrected chi connectivity index (χ3v) is 1.77. The van der Waals surface area contributed by atoms with E-state index in [-0.39, 0.29) is 0 Å². The van der Waals surface area contributed by atoms with Gasteiger partial charge < -0.3 is 19.3 Å². The number of rotatable bonds is 2. The van der Waals surface area contributed by atoms with Gasteiger partial charge in [0.05, 0.1) is 7.11 Å². The van der Waals surface area contributed by atoms with E-state index in [9.17, 15) is 9.59 Å². The monoisotopic (exact) mass is 204 g/mol. The lowest BCUT2D eigenvalue weighted by Crippen LogP contribution is -2.37. The smallest absolute Gasteiger partial charge is 0.338 e. The normalized spacial score (nSPS) is 29.9. The summed E-state index contributed by atoms with van der Waals surface area (Å²) >= 11 is 0. The quantitative estimate of drug-likeness (QED) is 0.625. The fourth-order valence-electron chi connectivity index (χ4n) is 1.23. The van der Waals surface area contributed by atoms with E-state index in [1.165, 1.54) is 13.8 Å². The number of carboxylic acids is 1. The van der Waals surface area contributed by atoms with Crippen LogP contribution in [-0.2, 0) is 23.8 Å². The fraction of sp³-hybridized carbons (Fsp3) is 0.750. The van der Waals surface area contributed by atoms with Gasteiger partial charge in [-0.3, -0.25) is 0 Å². The average Bonchev–Trinajstić information content (AvgIpc) is 2.40. The van der Waals surface area contributed by atoms with Crippen molar-refractivity contribution in [2.45, 2.75) is 31.8 Å². The van der Waals surface area contributed by atoms with Crippen molar-refractivity contribution >= 4 is 11.9 Å². The van der Waals surface area contributed by atoms with Crippen molar-refractivity contribution < 1.29 is 28.9 Å². The van der Waals surface area contributed by atoms with Gasteiger partial charge in [0.15, 0.2) is 18.0 Å². The Labute approximate surface area is 80.7 Å². The second-order valence-electron chi connectivity index (χ2n) is 3.34. The molecule has 2 atom stereocenters. The molecular formula is C8H12O6. The summed E-state index contributed by atoms with van der Waals surface area (Å²) in [5.74, 6) is -3.07. The number of esters is 1. The zero-order valence-corrected chi connectivity index (χ0v) is 8.14. The summed E-state index contributed by atoms with van der Waals surface area (Å²) in [5, 5.41) is 8.75. The maximum atomic E-state index is 11.1. The van der Waals surface area contributed by atoms with E-state index in [1.54, 1.807) is 0 Å². The molecule has 0 radical (unpaired) electrons.